The molecule has 1 aromatic carbocycles. The van der Waals surface area contributed by atoms with E-state index in [4.69, 9.17) is 4.74 Å². The minimum atomic E-state index is -0.432. The van der Waals surface area contributed by atoms with Crippen LogP contribution in [0, 0.1) is 5.82 Å². The van der Waals surface area contributed by atoms with Gasteiger partial charge in [0.05, 0.1) is 0 Å². The quantitative estimate of drug-likeness (QED) is 0.806. The van der Waals surface area contributed by atoms with Crippen LogP contribution in [0.5, 0.6) is 5.75 Å². The number of likely N-dealkylation sites (tertiary alicyclic amines) is 1. The van der Waals surface area contributed by atoms with E-state index in [2.05, 4.69) is 0 Å². The van der Waals surface area contributed by atoms with E-state index < -0.39 is 5.82 Å². The number of rotatable bonds is 3. The highest BCUT2D eigenvalue weighted by Crippen LogP contribution is 2.16. The number of piperidine rings is 1. The van der Waals surface area contributed by atoms with E-state index in [-0.39, 0.29) is 18.3 Å². The Balaban J connectivity index is 1.85. The molecule has 0 unspecified atom stereocenters. The van der Waals surface area contributed by atoms with E-state index in [1.807, 2.05) is 0 Å². The van der Waals surface area contributed by atoms with Gasteiger partial charge < -0.3 is 9.64 Å². The van der Waals surface area contributed by atoms with Crippen molar-refractivity contribution in [2.45, 2.75) is 19.3 Å². The number of para-hydroxylation sites is 1. The number of hydrogen-bond acceptors (Lipinski definition) is 2. The molecular formula is C13H16FNO2. The topological polar surface area (TPSA) is 29.5 Å². The van der Waals surface area contributed by atoms with Crippen molar-refractivity contribution < 1.29 is 13.9 Å². The number of nitrogens with zero attached hydrogens (tertiary/aromatic N) is 1. The van der Waals surface area contributed by atoms with Gasteiger partial charge in [-0.3, -0.25) is 4.79 Å². The fraction of sp³-hybridized carbons (Fsp3) is 0.462. The minimum Gasteiger partial charge on any atom is -0.481 e. The summed E-state index contributed by atoms with van der Waals surface area (Å²) in [5.41, 5.74) is 0. The largest absolute Gasteiger partial charge is 0.481 e. The van der Waals surface area contributed by atoms with Crippen molar-refractivity contribution in [1.82, 2.24) is 4.90 Å². The van der Waals surface area contributed by atoms with E-state index in [0.29, 0.717) is 0 Å². The Hall–Kier alpha value is -1.58. The number of hydrogen-bond donors (Lipinski definition) is 0. The summed E-state index contributed by atoms with van der Waals surface area (Å²) < 4.78 is 18.4. The molecule has 0 saturated carbocycles. The highest BCUT2D eigenvalue weighted by Gasteiger charge is 2.17. The van der Waals surface area contributed by atoms with Crippen LogP contribution in [0.2, 0.25) is 0 Å². The second kappa shape index (κ2) is 5.66. The maximum absolute atomic E-state index is 13.2. The predicted molar refractivity (Wildman–Crippen MR) is 62.3 cm³/mol. The fourth-order valence-electron chi connectivity index (χ4n) is 1.94. The van der Waals surface area contributed by atoms with Crippen molar-refractivity contribution in [3.8, 4) is 5.75 Å². The Morgan fingerprint density at radius 2 is 1.94 bits per heavy atom. The van der Waals surface area contributed by atoms with Gasteiger partial charge in [0.1, 0.15) is 0 Å². The molecule has 3 nitrogen and oxygen atoms in total. The van der Waals surface area contributed by atoms with Crippen molar-refractivity contribution >= 4 is 5.91 Å². The standard InChI is InChI=1S/C13H16FNO2/c14-11-6-2-3-7-12(11)17-10-13(16)15-8-4-1-5-9-15/h2-3,6-7H,1,4-5,8-10H2. The Morgan fingerprint density at radius 1 is 1.24 bits per heavy atom. The summed E-state index contributed by atoms with van der Waals surface area (Å²) in [6.45, 7) is 1.50. The summed E-state index contributed by atoms with van der Waals surface area (Å²) in [6, 6.07) is 6.12. The van der Waals surface area contributed by atoms with Gasteiger partial charge in [-0.05, 0) is 31.4 Å². The second-order valence-electron chi connectivity index (χ2n) is 4.16. The summed E-state index contributed by atoms with van der Waals surface area (Å²) in [5, 5.41) is 0. The van der Waals surface area contributed by atoms with Gasteiger partial charge in [0.15, 0.2) is 18.2 Å². The highest BCUT2D eigenvalue weighted by atomic mass is 19.1. The highest BCUT2D eigenvalue weighted by molar-refractivity contribution is 5.77. The molecule has 4 heteroatoms. The van der Waals surface area contributed by atoms with E-state index in [9.17, 15) is 9.18 Å². The van der Waals surface area contributed by atoms with Gasteiger partial charge in [-0.25, -0.2) is 4.39 Å². The first-order valence-electron chi connectivity index (χ1n) is 5.92. The number of benzene rings is 1. The molecule has 0 spiro atoms. The van der Waals surface area contributed by atoms with E-state index in [1.54, 1.807) is 17.0 Å². The molecule has 1 aliphatic heterocycles. The van der Waals surface area contributed by atoms with Gasteiger partial charge in [-0.15, -0.1) is 0 Å². The lowest BCUT2D eigenvalue weighted by atomic mass is 10.1. The van der Waals surface area contributed by atoms with Crippen LogP contribution in [0.4, 0.5) is 4.39 Å². The zero-order valence-corrected chi connectivity index (χ0v) is 9.69. The average Bonchev–Trinajstić information content (AvgIpc) is 2.38. The molecule has 0 N–H and O–H groups in total. The summed E-state index contributed by atoms with van der Waals surface area (Å²) in [4.78, 5) is 13.5. The SMILES string of the molecule is O=C(COc1ccccc1F)N1CCCCC1. The lowest BCUT2D eigenvalue weighted by Crippen LogP contribution is -2.38. The minimum absolute atomic E-state index is 0.0621. The molecule has 0 bridgehead atoms. The van der Waals surface area contributed by atoms with Crippen LogP contribution in [-0.4, -0.2) is 30.5 Å². The first-order chi connectivity index (χ1) is 8.27. The fourth-order valence-corrected chi connectivity index (χ4v) is 1.94. The Morgan fingerprint density at radius 3 is 2.65 bits per heavy atom. The van der Waals surface area contributed by atoms with Crippen LogP contribution < -0.4 is 4.74 Å². The predicted octanol–water partition coefficient (Wildman–Crippen LogP) is 2.22. The first kappa shape index (κ1) is 11.9. The van der Waals surface area contributed by atoms with E-state index >= 15 is 0 Å². The van der Waals surface area contributed by atoms with Gasteiger partial charge in [0.25, 0.3) is 5.91 Å². The monoisotopic (exact) mass is 237 g/mol. The molecule has 1 aliphatic rings. The number of halogens is 1. The lowest BCUT2D eigenvalue weighted by Gasteiger charge is -2.26. The van der Waals surface area contributed by atoms with E-state index in [1.165, 1.54) is 18.6 Å². The normalized spacial score (nSPS) is 15.7. The van der Waals surface area contributed by atoms with Crippen LogP contribution in [0.3, 0.4) is 0 Å². The first-order valence-corrected chi connectivity index (χ1v) is 5.92. The number of carbonyl (C=O) groups excluding carboxylic acids is 1. The van der Waals surface area contributed by atoms with Crippen LogP contribution >= 0.6 is 0 Å². The molecular weight excluding hydrogens is 221 g/mol. The lowest BCUT2D eigenvalue weighted by molar-refractivity contribution is -0.134. The van der Waals surface area contributed by atoms with Crippen molar-refractivity contribution in [1.29, 1.82) is 0 Å². The van der Waals surface area contributed by atoms with Gasteiger partial charge >= 0.3 is 0 Å². The number of amides is 1. The van der Waals surface area contributed by atoms with Crippen molar-refractivity contribution in [2.24, 2.45) is 0 Å². The third-order valence-corrected chi connectivity index (χ3v) is 2.90. The Bertz CT molecular complexity index is 389. The van der Waals surface area contributed by atoms with Crippen molar-refractivity contribution in [3.63, 3.8) is 0 Å². The number of ether oxygens (including phenoxy) is 1. The van der Waals surface area contributed by atoms with Crippen LogP contribution in [0.1, 0.15) is 19.3 Å². The van der Waals surface area contributed by atoms with Gasteiger partial charge in [0.2, 0.25) is 0 Å². The molecule has 17 heavy (non-hydrogen) atoms. The molecule has 0 aliphatic carbocycles. The third kappa shape index (κ3) is 3.19. The zero-order chi connectivity index (χ0) is 12.1. The number of carbonyl (C=O) groups is 1. The molecule has 1 aromatic rings. The third-order valence-electron chi connectivity index (χ3n) is 2.90. The summed E-state index contributed by atoms with van der Waals surface area (Å²) in [7, 11) is 0. The van der Waals surface area contributed by atoms with Gasteiger partial charge in [-0.2, -0.15) is 0 Å². The smallest absolute Gasteiger partial charge is 0.260 e. The molecule has 1 fully saturated rings. The molecule has 1 heterocycles. The zero-order valence-electron chi connectivity index (χ0n) is 9.69. The van der Waals surface area contributed by atoms with Gasteiger partial charge in [0, 0.05) is 13.1 Å². The van der Waals surface area contributed by atoms with Crippen LogP contribution in [0.25, 0.3) is 0 Å². The molecule has 1 saturated heterocycles. The Labute approximate surface area is 100 Å². The summed E-state index contributed by atoms with van der Waals surface area (Å²) in [6.07, 6.45) is 3.27. The molecule has 1 amide bonds. The second-order valence-corrected chi connectivity index (χ2v) is 4.16. The van der Waals surface area contributed by atoms with Gasteiger partial charge in [-0.1, -0.05) is 12.1 Å². The molecule has 0 radical (unpaired) electrons. The molecule has 92 valence electrons. The Kier molecular flexibility index (Phi) is 3.96. The molecule has 0 aromatic heterocycles. The van der Waals surface area contributed by atoms with Crippen LogP contribution in [0.15, 0.2) is 24.3 Å². The van der Waals surface area contributed by atoms with Crippen LogP contribution in [-0.2, 0) is 4.79 Å². The molecule has 0 atom stereocenters. The summed E-state index contributed by atoms with van der Waals surface area (Å²) >= 11 is 0. The van der Waals surface area contributed by atoms with Crippen molar-refractivity contribution in [3.05, 3.63) is 30.1 Å². The maximum atomic E-state index is 13.2. The average molecular weight is 237 g/mol. The van der Waals surface area contributed by atoms with E-state index in [0.717, 1.165) is 25.9 Å². The maximum Gasteiger partial charge on any atom is 0.260 e. The van der Waals surface area contributed by atoms with Crippen molar-refractivity contribution in [2.75, 3.05) is 19.7 Å². The molecule has 2 rings (SSSR count). The summed E-state index contributed by atoms with van der Waals surface area (Å²) in [5.74, 6) is -0.357.